The summed E-state index contributed by atoms with van der Waals surface area (Å²) < 4.78 is 0. The lowest BCUT2D eigenvalue weighted by Crippen LogP contribution is -2.47. The number of hydrogen-bond acceptors (Lipinski definition) is 3. The van der Waals surface area contributed by atoms with Gasteiger partial charge in [0.2, 0.25) is 11.8 Å². The number of likely N-dealkylation sites (tertiary alicyclic amines) is 1. The molecule has 1 unspecified atom stereocenters. The largest absolute Gasteiger partial charge is 0.481 e. The molecule has 0 spiro atoms. The van der Waals surface area contributed by atoms with Crippen molar-refractivity contribution in [2.24, 2.45) is 11.8 Å². The van der Waals surface area contributed by atoms with Crippen LogP contribution in [0.25, 0.3) is 0 Å². The van der Waals surface area contributed by atoms with E-state index < -0.39 is 17.9 Å². The number of rotatable bonds is 6. The van der Waals surface area contributed by atoms with Crippen molar-refractivity contribution in [3.05, 3.63) is 35.9 Å². The third kappa shape index (κ3) is 5.31. The zero-order chi connectivity index (χ0) is 18.4. The van der Waals surface area contributed by atoms with E-state index >= 15 is 0 Å². The van der Waals surface area contributed by atoms with E-state index in [4.69, 9.17) is 5.11 Å². The summed E-state index contributed by atoms with van der Waals surface area (Å²) >= 11 is 0. The maximum Gasteiger partial charge on any atom is 0.306 e. The SMILES string of the molecule is CC(C)CC(=O)NC(C(=O)N1CCC(C(=O)O)CC1)c1ccccc1. The van der Waals surface area contributed by atoms with Crippen molar-refractivity contribution in [3.63, 3.8) is 0 Å². The number of nitrogens with one attached hydrogen (secondary N) is 1. The van der Waals surface area contributed by atoms with Crippen LogP contribution in [0, 0.1) is 11.8 Å². The van der Waals surface area contributed by atoms with Gasteiger partial charge in [-0.25, -0.2) is 0 Å². The molecule has 2 amide bonds. The number of hydrogen-bond donors (Lipinski definition) is 2. The Labute approximate surface area is 148 Å². The van der Waals surface area contributed by atoms with Gasteiger partial charge < -0.3 is 15.3 Å². The first-order valence-corrected chi connectivity index (χ1v) is 8.74. The predicted molar refractivity (Wildman–Crippen MR) is 93.7 cm³/mol. The molecule has 1 aliphatic rings. The lowest BCUT2D eigenvalue weighted by atomic mass is 9.95. The molecule has 0 aromatic heterocycles. The lowest BCUT2D eigenvalue weighted by molar-refractivity contribution is -0.146. The lowest BCUT2D eigenvalue weighted by Gasteiger charge is -2.33. The van der Waals surface area contributed by atoms with Gasteiger partial charge in [-0.15, -0.1) is 0 Å². The van der Waals surface area contributed by atoms with Crippen LogP contribution >= 0.6 is 0 Å². The molecule has 1 aliphatic heterocycles. The molecule has 1 aromatic rings. The van der Waals surface area contributed by atoms with Gasteiger partial charge in [-0.05, 0) is 24.3 Å². The third-order valence-electron chi connectivity index (χ3n) is 4.43. The van der Waals surface area contributed by atoms with E-state index in [2.05, 4.69) is 5.32 Å². The zero-order valence-corrected chi connectivity index (χ0v) is 14.8. The molecule has 25 heavy (non-hydrogen) atoms. The Morgan fingerprint density at radius 2 is 1.76 bits per heavy atom. The van der Waals surface area contributed by atoms with Gasteiger partial charge in [0.05, 0.1) is 5.92 Å². The van der Waals surface area contributed by atoms with Crippen LogP contribution in [-0.2, 0) is 14.4 Å². The van der Waals surface area contributed by atoms with Crippen molar-refractivity contribution < 1.29 is 19.5 Å². The van der Waals surface area contributed by atoms with E-state index in [1.54, 1.807) is 4.90 Å². The van der Waals surface area contributed by atoms with Crippen LogP contribution in [0.4, 0.5) is 0 Å². The molecule has 136 valence electrons. The Hall–Kier alpha value is -2.37. The number of benzene rings is 1. The van der Waals surface area contributed by atoms with Gasteiger partial charge in [-0.3, -0.25) is 14.4 Å². The van der Waals surface area contributed by atoms with Crippen molar-refractivity contribution in [2.75, 3.05) is 13.1 Å². The number of aliphatic carboxylic acids is 1. The Kier molecular flexibility index (Phi) is 6.56. The first-order valence-electron chi connectivity index (χ1n) is 8.74. The molecule has 1 atom stereocenters. The molecule has 1 aromatic carbocycles. The average Bonchev–Trinajstić information content (AvgIpc) is 2.59. The molecular weight excluding hydrogens is 320 g/mol. The minimum Gasteiger partial charge on any atom is -0.481 e. The summed E-state index contributed by atoms with van der Waals surface area (Å²) in [6.45, 7) is 4.71. The molecular formula is C19H26N2O4. The standard InChI is InChI=1S/C19H26N2O4/c1-13(2)12-16(22)20-17(14-6-4-3-5-7-14)18(23)21-10-8-15(9-11-21)19(24)25/h3-7,13,15,17H,8-12H2,1-2H3,(H,20,22)(H,24,25). The third-order valence-corrected chi connectivity index (χ3v) is 4.43. The van der Waals surface area contributed by atoms with E-state index in [9.17, 15) is 14.4 Å². The van der Waals surface area contributed by atoms with Crippen LogP contribution in [0.15, 0.2) is 30.3 Å². The highest BCUT2D eigenvalue weighted by Gasteiger charge is 2.32. The first-order chi connectivity index (χ1) is 11.9. The van der Waals surface area contributed by atoms with E-state index in [1.807, 2.05) is 44.2 Å². The minimum atomic E-state index is -0.808. The Morgan fingerprint density at radius 1 is 1.16 bits per heavy atom. The zero-order valence-electron chi connectivity index (χ0n) is 14.8. The van der Waals surface area contributed by atoms with Gasteiger partial charge in [0.25, 0.3) is 0 Å². The molecule has 1 saturated heterocycles. The topological polar surface area (TPSA) is 86.7 Å². The van der Waals surface area contributed by atoms with Crippen LogP contribution in [0.2, 0.25) is 0 Å². The molecule has 2 rings (SSSR count). The fourth-order valence-electron chi connectivity index (χ4n) is 3.05. The average molecular weight is 346 g/mol. The van der Waals surface area contributed by atoms with Crippen LogP contribution in [-0.4, -0.2) is 40.9 Å². The van der Waals surface area contributed by atoms with Crippen LogP contribution in [0.5, 0.6) is 0 Å². The Morgan fingerprint density at radius 3 is 2.28 bits per heavy atom. The van der Waals surface area contributed by atoms with Crippen LogP contribution in [0.1, 0.15) is 44.7 Å². The van der Waals surface area contributed by atoms with Gasteiger partial charge in [0.1, 0.15) is 6.04 Å². The normalized spacial score (nSPS) is 16.5. The molecule has 1 fully saturated rings. The molecule has 0 bridgehead atoms. The van der Waals surface area contributed by atoms with E-state index in [0.717, 1.165) is 5.56 Å². The number of carbonyl (C=O) groups is 3. The number of carboxylic acids is 1. The first kappa shape index (κ1) is 19.0. The maximum atomic E-state index is 13.0. The van der Waals surface area contributed by atoms with Gasteiger partial charge in [0.15, 0.2) is 0 Å². The molecule has 2 N–H and O–H groups in total. The number of amides is 2. The highest BCUT2D eigenvalue weighted by atomic mass is 16.4. The van der Waals surface area contributed by atoms with Crippen molar-refractivity contribution in [2.45, 2.75) is 39.2 Å². The summed E-state index contributed by atoms with van der Waals surface area (Å²) in [6.07, 6.45) is 1.25. The van der Waals surface area contributed by atoms with Gasteiger partial charge in [-0.1, -0.05) is 44.2 Å². The van der Waals surface area contributed by atoms with E-state index in [-0.39, 0.29) is 17.7 Å². The monoisotopic (exact) mass is 346 g/mol. The molecule has 6 heteroatoms. The number of carbonyl (C=O) groups excluding carboxylic acids is 2. The van der Waals surface area contributed by atoms with Gasteiger partial charge in [-0.2, -0.15) is 0 Å². The summed E-state index contributed by atoms with van der Waals surface area (Å²) in [5, 5.41) is 11.9. The van der Waals surface area contributed by atoms with Gasteiger partial charge >= 0.3 is 5.97 Å². The predicted octanol–water partition coefficient (Wildman–Crippen LogP) is 2.21. The van der Waals surface area contributed by atoms with Crippen LogP contribution < -0.4 is 5.32 Å². The molecule has 1 heterocycles. The maximum absolute atomic E-state index is 13.0. The van der Waals surface area contributed by atoms with Crippen molar-refractivity contribution >= 4 is 17.8 Å². The summed E-state index contributed by atoms with van der Waals surface area (Å²) in [4.78, 5) is 37.9. The highest BCUT2D eigenvalue weighted by Crippen LogP contribution is 2.22. The molecule has 6 nitrogen and oxygen atoms in total. The van der Waals surface area contributed by atoms with Crippen molar-refractivity contribution in [3.8, 4) is 0 Å². The van der Waals surface area contributed by atoms with Crippen molar-refractivity contribution in [1.29, 1.82) is 0 Å². The summed E-state index contributed by atoms with van der Waals surface area (Å²) in [5.74, 6) is -1.32. The summed E-state index contributed by atoms with van der Waals surface area (Å²) in [6, 6.07) is 8.44. The summed E-state index contributed by atoms with van der Waals surface area (Å²) in [5.41, 5.74) is 0.741. The fourth-order valence-corrected chi connectivity index (χ4v) is 3.05. The van der Waals surface area contributed by atoms with E-state index in [1.165, 1.54) is 0 Å². The van der Waals surface area contributed by atoms with Crippen LogP contribution in [0.3, 0.4) is 0 Å². The second-order valence-electron chi connectivity index (χ2n) is 6.95. The molecule has 0 aliphatic carbocycles. The van der Waals surface area contributed by atoms with Crippen molar-refractivity contribution in [1.82, 2.24) is 10.2 Å². The Bertz CT molecular complexity index is 607. The minimum absolute atomic E-state index is 0.155. The second kappa shape index (κ2) is 8.65. The van der Waals surface area contributed by atoms with Gasteiger partial charge in [0, 0.05) is 19.5 Å². The number of carboxylic acid groups (broad SMARTS) is 1. The molecule has 0 saturated carbocycles. The summed E-state index contributed by atoms with van der Waals surface area (Å²) in [7, 11) is 0. The molecule has 0 radical (unpaired) electrons. The fraction of sp³-hybridized carbons (Fsp3) is 0.526. The number of piperidine rings is 1. The number of nitrogens with zero attached hydrogens (tertiary/aromatic N) is 1. The van der Waals surface area contributed by atoms with E-state index in [0.29, 0.717) is 32.4 Å². The highest BCUT2D eigenvalue weighted by molar-refractivity contribution is 5.89. The quantitative estimate of drug-likeness (QED) is 0.827. The Balaban J connectivity index is 2.11. The smallest absolute Gasteiger partial charge is 0.306 e. The second-order valence-corrected chi connectivity index (χ2v) is 6.95.